The third kappa shape index (κ3) is 2.25. The molecule has 2 rings (SSSR count). The van der Waals surface area contributed by atoms with E-state index in [9.17, 15) is 4.79 Å². The fraction of sp³-hybridized carbons (Fsp3) is 0.182. The number of hydrogen-bond donors (Lipinski definition) is 2. The van der Waals surface area contributed by atoms with E-state index in [1.165, 1.54) is 0 Å². The lowest BCUT2D eigenvalue weighted by Gasteiger charge is -2.08. The number of aromatic nitrogens is 3. The Balaban J connectivity index is 2.34. The second kappa shape index (κ2) is 4.25. The quantitative estimate of drug-likeness (QED) is 0.743. The first-order valence-corrected chi connectivity index (χ1v) is 5.13. The van der Waals surface area contributed by atoms with E-state index in [2.05, 4.69) is 15.5 Å². The van der Waals surface area contributed by atoms with Crippen LogP contribution in [0, 0.1) is 13.8 Å². The second-order valence-corrected chi connectivity index (χ2v) is 3.78. The Morgan fingerprint density at radius 2 is 1.82 bits per heavy atom. The van der Waals surface area contributed by atoms with Gasteiger partial charge in [0, 0.05) is 5.69 Å². The molecular formula is C11H13N5O. The molecule has 88 valence electrons. The molecule has 0 atom stereocenters. The summed E-state index contributed by atoms with van der Waals surface area (Å²) in [5.41, 5.74) is 1.85. The molecule has 2 aromatic rings. The maximum atomic E-state index is 11.5. The van der Waals surface area contributed by atoms with Crippen LogP contribution in [0.15, 0.2) is 29.1 Å². The highest BCUT2D eigenvalue weighted by atomic mass is 16.1. The van der Waals surface area contributed by atoms with Gasteiger partial charge in [-0.1, -0.05) is 17.7 Å². The van der Waals surface area contributed by atoms with Gasteiger partial charge in [0.1, 0.15) is 5.69 Å². The molecule has 0 aliphatic carbocycles. The second-order valence-electron chi connectivity index (χ2n) is 3.78. The summed E-state index contributed by atoms with van der Waals surface area (Å²) in [4.78, 5) is 11.5. The molecule has 1 heterocycles. The van der Waals surface area contributed by atoms with Crippen molar-refractivity contribution >= 4 is 11.6 Å². The number of rotatable bonds is 2. The van der Waals surface area contributed by atoms with E-state index < -0.39 is 0 Å². The summed E-state index contributed by atoms with van der Waals surface area (Å²) in [7, 11) is 0. The fourth-order valence-corrected chi connectivity index (χ4v) is 1.34. The maximum absolute atomic E-state index is 11.5. The molecule has 0 radical (unpaired) electrons. The molecule has 17 heavy (non-hydrogen) atoms. The summed E-state index contributed by atoms with van der Waals surface area (Å²) in [6, 6.07) is 7.65. The van der Waals surface area contributed by atoms with Gasteiger partial charge in [0.25, 0.3) is 5.56 Å². The molecule has 0 spiro atoms. The Kier molecular flexibility index (Phi) is 2.78. The normalized spacial score (nSPS) is 10.2. The third-order valence-electron chi connectivity index (χ3n) is 2.36. The van der Waals surface area contributed by atoms with Crippen molar-refractivity contribution in [3.05, 3.63) is 45.9 Å². The summed E-state index contributed by atoms with van der Waals surface area (Å²) >= 11 is 0. The highest BCUT2D eigenvalue weighted by molar-refractivity contribution is 5.53. The Morgan fingerprint density at radius 3 is 2.47 bits per heavy atom. The zero-order chi connectivity index (χ0) is 12.4. The molecule has 0 saturated carbocycles. The van der Waals surface area contributed by atoms with Gasteiger partial charge in [0.05, 0.1) is 0 Å². The smallest absolute Gasteiger partial charge is 0.295 e. The van der Waals surface area contributed by atoms with Crippen LogP contribution in [0.25, 0.3) is 0 Å². The first-order valence-electron chi connectivity index (χ1n) is 5.13. The molecule has 1 aromatic heterocycles. The first kappa shape index (κ1) is 11.1. The molecule has 0 aliphatic heterocycles. The lowest BCUT2D eigenvalue weighted by molar-refractivity contribution is 0.808. The zero-order valence-electron chi connectivity index (χ0n) is 9.64. The fourth-order valence-electron chi connectivity index (χ4n) is 1.34. The van der Waals surface area contributed by atoms with Gasteiger partial charge in [-0.2, -0.15) is 4.68 Å². The maximum Gasteiger partial charge on any atom is 0.295 e. The molecular weight excluding hydrogens is 218 g/mol. The number of nitrogen functional groups attached to an aromatic ring is 1. The number of benzene rings is 1. The van der Waals surface area contributed by atoms with Gasteiger partial charge in [-0.3, -0.25) is 4.79 Å². The van der Waals surface area contributed by atoms with Crippen molar-refractivity contribution in [1.82, 2.24) is 14.9 Å². The van der Waals surface area contributed by atoms with Crippen molar-refractivity contribution in [2.24, 2.45) is 0 Å². The van der Waals surface area contributed by atoms with Crippen LogP contribution in [0.2, 0.25) is 0 Å². The highest BCUT2D eigenvalue weighted by Crippen LogP contribution is 2.12. The van der Waals surface area contributed by atoms with E-state index in [1.54, 1.807) is 6.92 Å². The molecule has 0 aliphatic rings. The predicted octanol–water partition coefficient (Wildman–Crippen LogP) is 0.713. The minimum absolute atomic E-state index is 0.212. The van der Waals surface area contributed by atoms with E-state index in [1.807, 2.05) is 31.2 Å². The highest BCUT2D eigenvalue weighted by Gasteiger charge is 2.06. The standard InChI is InChI=1S/C11H13N5O/c1-7-3-5-9(6-4-7)13-11-15-14-8(2)10(17)16(11)12/h3-6H,12H2,1-2H3,(H,13,15). The summed E-state index contributed by atoms with van der Waals surface area (Å²) in [6.07, 6.45) is 0. The Hall–Kier alpha value is -2.37. The lowest BCUT2D eigenvalue weighted by Crippen LogP contribution is -2.32. The van der Waals surface area contributed by atoms with Gasteiger partial charge in [-0.25, -0.2) is 0 Å². The number of anilines is 2. The zero-order valence-corrected chi connectivity index (χ0v) is 9.64. The Bertz CT molecular complexity index is 588. The van der Waals surface area contributed by atoms with E-state index in [0.717, 1.165) is 15.9 Å². The molecule has 0 amide bonds. The minimum atomic E-state index is -0.366. The van der Waals surface area contributed by atoms with Crippen LogP contribution in [0.4, 0.5) is 11.6 Å². The van der Waals surface area contributed by atoms with Crippen LogP contribution in [-0.2, 0) is 0 Å². The van der Waals surface area contributed by atoms with Crippen LogP contribution >= 0.6 is 0 Å². The lowest BCUT2D eigenvalue weighted by atomic mass is 10.2. The minimum Gasteiger partial charge on any atom is -0.333 e. The summed E-state index contributed by atoms with van der Waals surface area (Å²) in [5, 5.41) is 10.5. The Morgan fingerprint density at radius 1 is 1.18 bits per heavy atom. The van der Waals surface area contributed by atoms with Crippen LogP contribution in [0.1, 0.15) is 11.3 Å². The number of aryl methyl sites for hydroxylation is 2. The topological polar surface area (TPSA) is 85.8 Å². The number of nitrogens with zero attached hydrogens (tertiary/aromatic N) is 3. The van der Waals surface area contributed by atoms with E-state index in [0.29, 0.717) is 0 Å². The average Bonchev–Trinajstić information content (AvgIpc) is 2.33. The van der Waals surface area contributed by atoms with Crippen molar-refractivity contribution in [2.75, 3.05) is 11.2 Å². The molecule has 0 unspecified atom stereocenters. The van der Waals surface area contributed by atoms with Crippen molar-refractivity contribution in [3.8, 4) is 0 Å². The number of nitrogens with two attached hydrogens (primary N) is 1. The van der Waals surface area contributed by atoms with Gasteiger partial charge >= 0.3 is 0 Å². The monoisotopic (exact) mass is 231 g/mol. The van der Waals surface area contributed by atoms with Gasteiger partial charge in [-0.05, 0) is 26.0 Å². The molecule has 0 saturated heterocycles. The van der Waals surface area contributed by atoms with Crippen LogP contribution in [0.3, 0.4) is 0 Å². The molecule has 1 aromatic carbocycles. The molecule has 0 fully saturated rings. The van der Waals surface area contributed by atoms with Crippen LogP contribution in [0.5, 0.6) is 0 Å². The van der Waals surface area contributed by atoms with Crippen LogP contribution < -0.4 is 16.7 Å². The van der Waals surface area contributed by atoms with Crippen molar-refractivity contribution in [2.45, 2.75) is 13.8 Å². The van der Waals surface area contributed by atoms with E-state index in [-0.39, 0.29) is 17.2 Å². The Labute approximate surface area is 98.1 Å². The number of hydrogen-bond acceptors (Lipinski definition) is 5. The van der Waals surface area contributed by atoms with Crippen molar-refractivity contribution in [1.29, 1.82) is 0 Å². The molecule has 3 N–H and O–H groups in total. The number of nitrogens with one attached hydrogen (secondary N) is 1. The molecule has 6 heteroatoms. The van der Waals surface area contributed by atoms with Crippen molar-refractivity contribution in [3.63, 3.8) is 0 Å². The van der Waals surface area contributed by atoms with E-state index >= 15 is 0 Å². The largest absolute Gasteiger partial charge is 0.333 e. The van der Waals surface area contributed by atoms with Gasteiger partial charge in [0.15, 0.2) is 0 Å². The SMILES string of the molecule is Cc1ccc(Nc2nnc(C)c(=O)n2N)cc1. The van der Waals surface area contributed by atoms with Gasteiger partial charge in [-0.15, -0.1) is 10.2 Å². The van der Waals surface area contributed by atoms with E-state index in [4.69, 9.17) is 5.84 Å². The van der Waals surface area contributed by atoms with Crippen molar-refractivity contribution < 1.29 is 0 Å². The average molecular weight is 231 g/mol. The summed E-state index contributed by atoms with van der Waals surface area (Å²) in [5.74, 6) is 5.81. The summed E-state index contributed by atoms with van der Waals surface area (Å²) < 4.78 is 0.947. The molecule has 0 bridgehead atoms. The molecule has 6 nitrogen and oxygen atoms in total. The summed E-state index contributed by atoms with van der Waals surface area (Å²) in [6.45, 7) is 3.56. The van der Waals surface area contributed by atoms with Gasteiger partial charge < -0.3 is 11.2 Å². The predicted molar refractivity (Wildman–Crippen MR) is 65.6 cm³/mol. The third-order valence-corrected chi connectivity index (χ3v) is 2.36. The van der Waals surface area contributed by atoms with Gasteiger partial charge in [0.2, 0.25) is 5.95 Å². The first-order chi connectivity index (χ1) is 8.08. The van der Waals surface area contributed by atoms with Crippen LogP contribution in [-0.4, -0.2) is 14.9 Å².